The second-order valence-corrected chi connectivity index (χ2v) is 5.74. The molecule has 3 heterocycles. The molecule has 3 rings (SSSR count). The number of nitrogens with one attached hydrogen (secondary N) is 1. The van der Waals surface area contributed by atoms with Crippen LogP contribution in [-0.4, -0.2) is 59.1 Å². The summed E-state index contributed by atoms with van der Waals surface area (Å²) in [6.07, 6.45) is 4.42. The van der Waals surface area contributed by atoms with Gasteiger partial charge < -0.3 is 19.5 Å². The largest absolute Gasteiger partial charge is 0.378 e. The lowest BCUT2D eigenvalue weighted by atomic mass is 10.1. The third-order valence-electron chi connectivity index (χ3n) is 4.23. The van der Waals surface area contributed by atoms with E-state index < -0.39 is 0 Å². The Morgan fingerprint density at radius 3 is 2.78 bits per heavy atom. The molecule has 1 fully saturated rings. The molecule has 1 aromatic rings. The molecular weight excluding hydrogens is 296 g/mol. The van der Waals surface area contributed by atoms with Gasteiger partial charge in [0.05, 0.1) is 18.9 Å². The van der Waals surface area contributed by atoms with E-state index in [4.69, 9.17) is 4.74 Å². The summed E-state index contributed by atoms with van der Waals surface area (Å²) in [5, 5.41) is 2.75. The van der Waals surface area contributed by atoms with Gasteiger partial charge in [-0.25, -0.2) is 4.98 Å². The first-order valence-electron chi connectivity index (χ1n) is 8.08. The number of nitrogens with zero attached hydrogens (tertiary/aromatic N) is 3. The van der Waals surface area contributed by atoms with Crippen molar-refractivity contribution in [2.24, 2.45) is 0 Å². The molecule has 124 valence electrons. The van der Waals surface area contributed by atoms with Crippen LogP contribution in [0, 0.1) is 0 Å². The molecule has 2 amide bonds. The number of morpholine rings is 1. The van der Waals surface area contributed by atoms with E-state index >= 15 is 0 Å². The van der Waals surface area contributed by atoms with Crippen LogP contribution in [0.5, 0.6) is 0 Å². The van der Waals surface area contributed by atoms with Crippen molar-refractivity contribution in [2.75, 3.05) is 32.8 Å². The molecule has 0 aliphatic carbocycles. The average Bonchev–Trinajstić information content (AvgIpc) is 2.99. The number of imidazole rings is 1. The number of rotatable bonds is 4. The van der Waals surface area contributed by atoms with Gasteiger partial charge in [0.2, 0.25) is 0 Å². The Hall–Kier alpha value is -2.15. The molecule has 7 nitrogen and oxygen atoms in total. The summed E-state index contributed by atoms with van der Waals surface area (Å²) >= 11 is 0. The van der Waals surface area contributed by atoms with Crippen LogP contribution < -0.4 is 5.32 Å². The van der Waals surface area contributed by atoms with E-state index in [1.165, 1.54) is 0 Å². The lowest BCUT2D eigenvalue weighted by Crippen LogP contribution is -2.41. The summed E-state index contributed by atoms with van der Waals surface area (Å²) in [5.41, 5.74) is 1.31. The van der Waals surface area contributed by atoms with Crippen molar-refractivity contribution in [1.29, 1.82) is 0 Å². The Morgan fingerprint density at radius 1 is 1.26 bits per heavy atom. The lowest BCUT2D eigenvalue weighted by molar-refractivity contribution is 0.0298. The first-order chi connectivity index (χ1) is 11.2. The number of fused-ring (bicyclic) bond motifs is 1. The quantitative estimate of drug-likeness (QED) is 0.825. The van der Waals surface area contributed by atoms with Gasteiger partial charge in [-0.05, 0) is 19.3 Å². The van der Waals surface area contributed by atoms with Crippen LogP contribution >= 0.6 is 0 Å². The molecule has 2 aliphatic rings. The molecule has 0 spiro atoms. The number of hydrogen-bond donors (Lipinski definition) is 1. The normalized spacial score (nSPS) is 17.5. The van der Waals surface area contributed by atoms with Gasteiger partial charge in [-0.3, -0.25) is 9.59 Å². The first kappa shape index (κ1) is 15.7. The molecule has 1 N–H and O–H groups in total. The monoisotopic (exact) mass is 318 g/mol. The smallest absolute Gasteiger partial charge is 0.287 e. The molecule has 0 unspecified atom stereocenters. The van der Waals surface area contributed by atoms with E-state index in [9.17, 15) is 9.59 Å². The zero-order chi connectivity index (χ0) is 16.2. The van der Waals surface area contributed by atoms with Crippen LogP contribution in [-0.2, 0) is 17.7 Å². The summed E-state index contributed by atoms with van der Waals surface area (Å²) in [6.45, 7) is 6.95. The molecule has 2 aliphatic heterocycles. The SMILES string of the molecule is C=CCNC(=O)c1nc(C(=O)N2CCOCC2)c2n1CCCC2. The van der Waals surface area contributed by atoms with Crippen molar-refractivity contribution in [3.05, 3.63) is 29.9 Å². The van der Waals surface area contributed by atoms with Gasteiger partial charge in [0.15, 0.2) is 5.82 Å². The van der Waals surface area contributed by atoms with Gasteiger partial charge in [0.1, 0.15) is 5.69 Å². The maximum atomic E-state index is 12.8. The van der Waals surface area contributed by atoms with Crippen LogP contribution in [0.3, 0.4) is 0 Å². The number of hydrogen-bond acceptors (Lipinski definition) is 4. The molecular formula is C16H22N4O3. The van der Waals surface area contributed by atoms with E-state index in [2.05, 4.69) is 16.9 Å². The lowest BCUT2D eigenvalue weighted by Gasteiger charge is -2.26. The fourth-order valence-corrected chi connectivity index (χ4v) is 3.05. The number of carbonyl (C=O) groups excluding carboxylic acids is 2. The Morgan fingerprint density at radius 2 is 2.04 bits per heavy atom. The number of amides is 2. The minimum absolute atomic E-state index is 0.0956. The Balaban J connectivity index is 1.90. The van der Waals surface area contributed by atoms with Gasteiger partial charge in [0.25, 0.3) is 11.8 Å². The maximum absolute atomic E-state index is 12.8. The maximum Gasteiger partial charge on any atom is 0.287 e. The second kappa shape index (κ2) is 6.95. The Kier molecular flexibility index (Phi) is 4.76. The molecule has 23 heavy (non-hydrogen) atoms. The highest BCUT2D eigenvalue weighted by Crippen LogP contribution is 2.22. The molecule has 0 radical (unpaired) electrons. The summed E-state index contributed by atoms with van der Waals surface area (Å²) in [6, 6.07) is 0. The first-order valence-corrected chi connectivity index (χ1v) is 8.08. The zero-order valence-corrected chi connectivity index (χ0v) is 13.2. The molecule has 0 atom stereocenters. The van der Waals surface area contributed by atoms with Crippen LogP contribution in [0.2, 0.25) is 0 Å². The number of aromatic nitrogens is 2. The third kappa shape index (κ3) is 3.14. The van der Waals surface area contributed by atoms with Crippen molar-refractivity contribution in [3.63, 3.8) is 0 Å². The minimum atomic E-state index is -0.255. The average molecular weight is 318 g/mol. The zero-order valence-electron chi connectivity index (χ0n) is 13.2. The standard InChI is InChI=1S/C16H22N4O3/c1-2-6-17-15(21)14-18-13(12-5-3-4-7-20(12)14)16(22)19-8-10-23-11-9-19/h2H,1,3-11H2,(H,17,21). The molecule has 1 saturated heterocycles. The summed E-state index contributed by atoms with van der Waals surface area (Å²) in [5.74, 6) is -0.0195. The molecule has 1 aromatic heterocycles. The van der Waals surface area contributed by atoms with Crippen molar-refractivity contribution in [2.45, 2.75) is 25.8 Å². The minimum Gasteiger partial charge on any atom is -0.378 e. The van der Waals surface area contributed by atoms with Crippen molar-refractivity contribution < 1.29 is 14.3 Å². The predicted octanol–water partition coefficient (Wildman–Crippen LogP) is 0.608. The topological polar surface area (TPSA) is 76.5 Å². The highest BCUT2D eigenvalue weighted by atomic mass is 16.5. The summed E-state index contributed by atoms with van der Waals surface area (Å²) in [7, 11) is 0. The van der Waals surface area contributed by atoms with Crippen molar-refractivity contribution in [3.8, 4) is 0 Å². The summed E-state index contributed by atoms with van der Waals surface area (Å²) in [4.78, 5) is 31.2. The van der Waals surface area contributed by atoms with E-state index in [1.54, 1.807) is 11.0 Å². The molecule has 7 heteroatoms. The Bertz CT molecular complexity index is 617. The van der Waals surface area contributed by atoms with E-state index in [1.807, 2.05) is 4.57 Å². The van der Waals surface area contributed by atoms with Crippen LogP contribution in [0.25, 0.3) is 0 Å². The van der Waals surface area contributed by atoms with Crippen molar-refractivity contribution >= 4 is 11.8 Å². The predicted molar refractivity (Wildman–Crippen MR) is 84.4 cm³/mol. The van der Waals surface area contributed by atoms with Gasteiger partial charge in [-0.15, -0.1) is 6.58 Å². The fourth-order valence-electron chi connectivity index (χ4n) is 3.05. The second-order valence-electron chi connectivity index (χ2n) is 5.74. The van der Waals surface area contributed by atoms with E-state index in [0.29, 0.717) is 44.4 Å². The number of carbonyl (C=O) groups is 2. The van der Waals surface area contributed by atoms with Crippen LogP contribution in [0.4, 0.5) is 0 Å². The van der Waals surface area contributed by atoms with Crippen LogP contribution in [0.1, 0.15) is 39.6 Å². The highest BCUT2D eigenvalue weighted by molar-refractivity contribution is 5.97. The van der Waals surface area contributed by atoms with Gasteiger partial charge >= 0.3 is 0 Å². The van der Waals surface area contributed by atoms with Gasteiger partial charge in [-0.1, -0.05) is 6.08 Å². The third-order valence-corrected chi connectivity index (χ3v) is 4.23. The number of ether oxygens (including phenoxy) is 1. The van der Waals surface area contributed by atoms with E-state index in [-0.39, 0.29) is 11.8 Å². The fraction of sp³-hybridized carbons (Fsp3) is 0.562. The highest BCUT2D eigenvalue weighted by Gasteiger charge is 2.30. The molecule has 0 bridgehead atoms. The molecule has 0 saturated carbocycles. The molecule has 0 aromatic carbocycles. The van der Waals surface area contributed by atoms with E-state index in [0.717, 1.165) is 31.5 Å². The van der Waals surface area contributed by atoms with Crippen LogP contribution in [0.15, 0.2) is 12.7 Å². The van der Waals surface area contributed by atoms with Gasteiger partial charge in [0, 0.05) is 26.2 Å². The van der Waals surface area contributed by atoms with Gasteiger partial charge in [-0.2, -0.15) is 0 Å². The van der Waals surface area contributed by atoms with Crippen molar-refractivity contribution in [1.82, 2.24) is 19.8 Å². The summed E-state index contributed by atoms with van der Waals surface area (Å²) < 4.78 is 7.19. The Labute approximate surface area is 135 Å².